The summed E-state index contributed by atoms with van der Waals surface area (Å²) in [7, 11) is 0. The van der Waals surface area contributed by atoms with E-state index in [-0.39, 0.29) is 0 Å². The third-order valence-corrected chi connectivity index (χ3v) is 0.457. The molecule has 0 unspecified atom stereocenters. The van der Waals surface area contributed by atoms with Gasteiger partial charge in [-0.05, 0) is 6.92 Å². The third kappa shape index (κ3) is 3.28. The number of halogens is 1. The first-order chi connectivity index (χ1) is 3.31. The maximum absolute atomic E-state index is 11.2. The Morgan fingerprint density at radius 2 is 2.43 bits per heavy atom. The lowest BCUT2D eigenvalue weighted by atomic mass is 10.4. The molecule has 1 N–H and O–H groups in total. The summed E-state index contributed by atoms with van der Waals surface area (Å²) in [5.74, 6) is 4.60. The molecule has 0 saturated heterocycles. The van der Waals surface area contributed by atoms with E-state index in [4.69, 9.17) is 5.11 Å². The Hall–Kier alpha value is -0.550. The van der Waals surface area contributed by atoms with Gasteiger partial charge in [-0.15, -0.1) is 5.92 Å². The molecule has 0 aromatic carbocycles. The Morgan fingerprint density at radius 1 is 1.86 bits per heavy atom. The number of aliphatic hydroxyl groups excluding tert-OH is 1. The lowest BCUT2D eigenvalue weighted by Gasteiger charge is -1.88. The summed E-state index contributed by atoms with van der Waals surface area (Å²) in [5, 5.41) is 8.31. The van der Waals surface area contributed by atoms with E-state index < -0.39 is 12.8 Å². The van der Waals surface area contributed by atoms with Crippen LogP contribution in [-0.4, -0.2) is 17.9 Å². The molecule has 0 fully saturated rings. The van der Waals surface area contributed by atoms with Crippen LogP contribution >= 0.6 is 0 Å². The minimum atomic E-state index is -1.08. The van der Waals surface area contributed by atoms with Gasteiger partial charge in [-0.25, -0.2) is 4.39 Å². The van der Waals surface area contributed by atoms with Crippen LogP contribution in [0, 0.1) is 11.8 Å². The summed E-state index contributed by atoms with van der Waals surface area (Å²) < 4.78 is 11.2. The van der Waals surface area contributed by atoms with E-state index in [9.17, 15) is 4.39 Å². The maximum atomic E-state index is 11.2. The first-order valence-electron chi connectivity index (χ1n) is 1.97. The van der Waals surface area contributed by atoms with Crippen LogP contribution in [0.15, 0.2) is 0 Å². The predicted octanol–water partition coefficient (Wildman–Crippen LogP) is 0.340. The van der Waals surface area contributed by atoms with Crippen molar-refractivity contribution in [3.8, 4) is 11.8 Å². The van der Waals surface area contributed by atoms with E-state index in [2.05, 4.69) is 11.8 Å². The highest BCUT2D eigenvalue weighted by Gasteiger charge is 1.91. The van der Waals surface area contributed by atoms with Crippen molar-refractivity contribution in [2.24, 2.45) is 0 Å². The minimum absolute atomic E-state index is 0.777. The highest BCUT2D eigenvalue weighted by atomic mass is 19.1. The van der Waals surface area contributed by atoms with Gasteiger partial charge in [0.15, 0.2) is 0 Å². The van der Waals surface area contributed by atoms with Crippen molar-refractivity contribution in [2.45, 2.75) is 13.0 Å². The molecule has 1 nitrogen and oxygen atoms in total. The SMILES string of the molecule is CC#C[C@H](O)CF. The van der Waals surface area contributed by atoms with Crippen LogP contribution in [0.5, 0.6) is 0 Å². The van der Waals surface area contributed by atoms with Gasteiger partial charge in [0.2, 0.25) is 0 Å². The van der Waals surface area contributed by atoms with Gasteiger partial charge < -0.3 is 5.11 Å². The van der Waals surface area contributed by atoms with Crippen LogP contribution in [0.4, 0.5) is 4.39 Å². The molecule has 0 saturated carbocycles. The van der Waals surface area contributed by atoms with Crippen LogP contribution < -0.4 is 0 Å². The van der Waals surface area contributed by atoms with E-state index in [1.54, 1.807) is 6.92 Å². The van der Waals surface area contributed by atoms with Crippen LogP contribution in [0.3, 0.4) is 0 Å². The second-order valence-electron chi connectivity index (χ2n) is 1.06. The molecule has 1 atom stereocenters. The Morgan fingerprint density at radius 3 is 2.57 bits per heavy atom. The molecular weight excluding hydrogens is 95.1 g/mol. The van der Waals surface area contributed by atoms with Crippen molar-refractivity contribution < 1.29 is 9.50 Å². The normalized spacial score (nSPS) is 11.9. The topological polar surface area (TPSA) is 20.2 Å². The number of rotatable bonds is 1. The molecule has 2 heteroatoms. The van der Waals surface area contributed by atoms with Crippen molar-refractivity contribution in [1.82, 2.24) is 0 Å². The molecule has 0 aromatic heterocycles. The molecule has 7 heavy (non-hydrogen) atoms. The zero-order valence-corrected chi connectivity index (χ0v) is 4.11. The molecule has 0 bridgehead atoms. The maximum Gasteiger partial charge on any atom is 0.142 e. The van der Waals surface area contributed by atoms with E-state index in [0.29, 0.717) is 0 Å². The Kier molecular flexibility index (Phi) is 3.35. The zero-order chi connectivity index (χ0) is 5.70. The fraction of sp³-hybridized carbons (Fsp3) is 0.600. The monoisotopic (exact) mass is 102 g/mol. The smallest absolute Gasteiger partial charge is 0.142 e. The lowest BCUT2D eigenvalue weighted by molar-refractivity contribution is 0.192. The molecule has 0 radical (unpaired) electrons. The second-order valence-corrected chi connectivity index (χ2v) is 1.06. The molecule has 0 rings (SSSR count). The summed E-state index contributed by atoms with van der Waals surface area (Å²) in [6, 6.07) is 0. The van der Waals surface area contributed by atoms with E-state index in [1.165, 1.54) is 0 Å². The lowest BCUT2D eigenvalue weighted by Crippen LogP contribution is -2.03. The summed E-state index contributed by atoms with van der Waals surface area (Å²) in [6.07, 6.45) is -1.08. The van der Waals surface area contributed by atoms with Gasteiger partial charge >= 0.3 is 0 Å². The van der Waals surface area contributed by atoms with Crippen LogP contribution in [0.25, 0.3) is 0 Å². The first kappa shape index (κ1) is 6.45. The number of hydrogen-bond donors (Lipinski definition) is 1. The second kappa shape index (κ2) is 3.63. The van der Waals surface area contributed by atoms with Crippen molar-refractivity contribution in [2.75, 3.05) is 6.67 Å². The van der Waals surface area contributed by atoms with Gasteiger partial charge in [0.25, 0.3) is 0 Å². The van der Waals surface area contributed by atoms with Gasteiger partial charge in [0, 0.05) is 0 Å². The highest BCUT2D eigenvalue weighted by Crippen LogP contribution is 1.77. The van der Waals surface area contributed by atoms with Crippen LogP contribution in [-0.2, 0) is 0 Å². The summed E-state index contributed by atoms with van der Waals surface area (Å²) in [6.45, 7) is 0.778. The van der Waals surface area contributed by atoms with E-state index >= 15 is 0 Å². The molecule has 0 heterocycles. The fourth-order valence-corrected chi connectivity index (χ4v) is 0.205. The number of hydrogen-bond acceptors (Lipinski definition) is 1. The Balaban J connectivity index is 3.29. The van der Waals surface area contributed by atoms with Crippen molar-refractivity contribution >= 4 is 0 Å². The fourth-order valence-electron chi connectivity index (χ4n) is 0.205. The molecule has 0 amide bonds. The van der Waals surface area contributed by atoms with E-state index in [0.717, 1.165) is 0 Å². The van der Waals surface area contributed by atoms with Crippen LogP contribution in [0.2, 0.25) is 0 Å². The van der Waals surface area contributed by atoms with Gasteiger partial charge in [-0.1, -0.05) is 5.92 Å². The molecule has 0 aliphatic carbocycles. The highest BCUT2D eigenvalue weighted by molar-refractivity contribution is 5.01. The van der Waals surface area contributed by atoms with Crippen molar-refractivity contribution in [3.63, 3.8) is 0 Å². The molecule has 0 aromatic rings. The molecule has 0 aliphatic heterocycles. The Labute approximate surface area is 42.2 Å². The van der Waals surface area contributed by atoms with Gasteiger partial charge in [-0.2, -0.15) is 0 Å². The van der Waals surface area contributed by atoms with Crippen molar-refractivity contribution in [3.05, 3.63) is 0 Å². The summed E-state index contributed by atoms with van der Waals surface area (Å²) >= 11 is 0. The van der Waals surface area contributed by atoms with Crippen molar-refractivity contribution in [1.29, 1.82) is 0 Å². The van der Waals surface area contributed by atoms with Gasteiger partial charge in [-0.3, -0.25) is 0 Å². The third-order valence-electron chi connectivity index (χ3n) is 0.457. The summed E-state index contributed by atoms with van der Waals surface area (Å²) in [5.41, 5.74) is 0. The number of alkyl halides is 1. The predicted molar refractivity (Wildman–Crippen MR) is 25.4 cm³/mol. The minimum Gasteiger partial charge on any atom is -0.378 e. The molecule has 40 valence electrons. The quantitative estimate of drug-likeness (QED) is 0.473. The van der Waals surface area contributed by atoms with E-state index in [1.807, 2.05) is 0 Å². The van der Waals surface area contributed by atoms with Gasteiger partial charge in [0.1, 0.15) is 12.8 Å². The van der Waals surface area contributed by atoms with Gasteiger partial charge in [0.05, 0.1) is 0 Å². The molecular formula is C5H7FO. The Bertz CT molecular complexity index is 90.0. The standard InChI is InChI=1S/C5H7FO/c1-2-3-5(7)4-6/h5,7H,4H2,1H3/t5-/m0/s1. The average Bonchev–Trinajstić information content (AvgIpc) is 1.68. The zero-order valence-electron chi connectivity index (χ0n) is 4.11. The first-order valence-corrected chi connectivity index (χ1v) is 1.97. The summed E-state index contributed by atoms with van der Waals surface area (Å²) in [4.78, 5) is 0. The molecule has 0 aliphatic rings. The molecule has 0 spiro atoms. The average molecular weight is 102 g/mol. The largest absolute Gasteiger partial charge is 0.378 e. The van der Waals surface area contributed by atoms with Crippen LogP contribution in [0.1, 0.15) is 6.92 Å². The number of aliphatic hydroxyl groups is 1.